The Balaban J connectivity index is 1.66. The number of halogens is 1. The van der Waals surface area contributed by atoms with Gasteiger partial charge in [0.25, 0.3) is 5.91 Å². The maximum Gasteiger partial charge on any atom is 0.251 e. The number of carbonyl (C=O) groups excluding carboxylic acids is 1. The molecule has 1 aliphatic rings. The van der Waals surface area contributed by atoms with Gasteiger partial charge in [0.2, 0.25) is 6.79 Å². The van der Waals surface area contributed by atoms with Gasteiger partial charge in [0, 0.05) is 15.7 Å². The maximum atomic E-state index is 12.0. The highest BCUT2D eigenvalue weighted by atomic mass is 127. The second-order valence-corrected chi connectivity index (χ2v) is 5.63. The summed E-state index contributed by atoms with van der Waals surface area (Å²) in [5, 5.41) is 2.90. The first kappa shape index (κ1) is 13.2. The van der Waals surface area contributed by atoms with Crippen molar-refractivity contribution in [2.24, 2.45) is 0 Å². The number of hydrogen-bond acceptors (Lipinski definition) is 3. The molecule has 0 unspecified atom stereocenters. The summed E-state index contributed by atoms with van der Waals surface area (Å²) in [4.78, 5) is 12.0. The largest absolute Gasteiger partial charge is 0.454 e. The molecule has 2 aromatic carbocycles. The van der Waals surface area contributed by atoms with Crippen molar-refractivity contribution in [3.63, 3.8) is 0 Å². The van der Waals surface area contributed by atoms with Gasteiger partial charge < -0.3 is 14.8 Å². The first-order valence-electron chi connectivity index (χ1n) is 6.15. The molecular weight excluding hydrogens is 369 g/mol. The molecule has 1 amide bonds. The molecule has 0 atom stereocenters. The molecule has 4 nitrogen and oxygen atoms in total. The number of carbonyl (C=O) groups is 1. The predicted octanol–water partition coefficient (Wildman–Crippen LogP) is 2.95. The van der Waals surface area contributed by atoms with Crippen molar-refractivity contribution in [1.29, 1.82) is 0 Å². The van der Waals surface area contributed by atoms with Crippen LogP contribution in [0.2, 0.25) is 0 Å². The van der Waals surface area contributed by atoms with Crippen molar-refractivity contribution < 1.29 is 14.3 Å². The summed E-state index contributed by atoms with van der Waals surface area (Å²) in [5.41, 5.74) is 1.64. The SMILES string of the molecule is O=C(NCc1ccc2c(c1)OCO2)c1cccc(I)c1. The Hall–Kier alpha value is -1.76. The molecular formula is C15H12INO3. The zero-order valence-corrected chi connectivity index (χ0v) is 12.7. The Kier molecular flexibility index (Phi) is 3.77. The second-order valence-electron chi connectivity index (χ2n) is 4.38. The fourth-order valence-electron chi connectivity index (χ4n) is 1.97. The van der Waals surface area contributed by atoms with Crippen LogP contribution in [0.5, 0.6) is 11.5 Å². The summed E-state index contributed by atoms with van der Waals surface area (Å²) < 4.78 is 11.6. The van der Waals surface area contributed by atoms with E-state index < -0.39 is 0 Å². The van der Waals surface area contributed by atoms with Crippen LogP contribution < -0.4 is 14.8 Å². The van der Waals surface area contributed by atoms with E-state index in [0.717, 1.165) is 20.6 Å². The average molecular weight is 381 g/mol. The lowest BCUT2D eigenvalue weighted by atomic mass is 10.2. The van der Waals surface area contributed by atoms with Gasteiger partial charge in [-0.2, -0.15) is 0 Å². The molecule has 0 bridgehead atoms. The highest BCUT2D eigenvalue weighted by Crippen LogP contribution is 2.32. The van der Waals surface area contributed by atoms with Gasteiger partial charge >= 0.3 is 0 Å². The van der Waals surface area contributed by atoms with E-state index in [9.17, 15) is 4.79 Å². The Morgan fingerprint density at radius 3 is 2.85 bits per heavy atom. The fourth-order valence-corrected chi connectivity index (χ4v) is 2.51. The van der Waals surface area contributed by atoms with Crippen molar-refractivity contribution in [2.75, 3.05) is 6.79 Å². The van der Waals surface area contributed by atoms with Crippen LogP contribution in [0.15, 0.2) is 42.5 Å². The van der Waals surface area contributed by atoms with Gasteiger partial charge in [0.15, 0.2) is 11.5 Å². The lowest BCUT2D eigenvalue weighted by Gasteiger charge is -2.06. The van der Waals surface area contributed by atoms with Crippen molar-refractivity contribution in [3.8, 4) is 11.5 Å². The monoisotopic (exact) mass is 381 g/mol. The van der Waals surface area contributed by atoms with Gasteiger partial charge in [0.05, 0.1) is 0 Å². The molecule has 1 aliphatic heterocycles. The maximum absolute atomic E-state index is 12.0. The summed E-state index contributed by atoms with van der Waals surface area (Å²) in [7, 11) is 0. The molecule has 0 saturated carbocycles. The number of rotatable bonds is 3. The minimum atomic E-state index is -0.0822. The van der Waals surface area contributed by atoms with Crippen molar-refractivity contribution >= 4 is 28.5 Å². The molecule has 0 spiro atoms. The minimum absolute atomic E-state index is 0.0822. The summed E-state index contributed by atoms with van der Waals surface area (Å²) in [5.74, 6) is 1.39. The molecule has 1 N–H and O–H groups in total. The Morgan fingerprint density at radius 2 is 2.00 bits per heavy atom. The lowest BCUT2D eigenvalue weighted by molar-refractivity contribution is 0.0950. The Labute approximate surface area is 130 Å². The molecule has 0 aromatic heterocycles. The van der Waals surface area contributed by atoms with Crippen LogP contribution in [0.25, 0.3) is 0 Å². The highest BCUT2D eigenvalue weighted by Gasteiger charge is 2.13. The van der Waals surface area contributed by atoms with Gasteiger partial charge in [-0.05, 0) is 58.5 Å². The number of nitrogens with one attached hydrogen (secondary N) is 1. The Bertz CT molecular complexity index is 657. The number of ether oxygens (including phenoxy) is 2. The van der Waals surface area contributed by atoms with E-state index in [1.807, 2.05) is 36.4 Å². The molecule has 102 valence electrons. The van der Waals surface area contributed by atoms with Crippen LogP contribution in [0.4, 0.5) is 0 Å². The van der Waals surface area contributed by atoms with E-state index in [4.69, 9.17) is 9.47 Å². The molecule has 3 rings (SSSR count). The standard InChI is InChI=1S/C15H12INO3/c16-12-3-1-2-11(7-12)15(18)17-8-10-4-5-13-14(6-10)20-9-19-13/h1-7H,8-9H2,(H,17,18). The van der Waals surface area contributed by atoms with Crippen molar-refractivity contribution in [3.05, 3.63) is 57.2 Å². The molecule has 0 saturated heterocycles. The summed E-state index contributed by atoms with van der Waals surface area (Å²) >= 11 is 2.19. The molecule has 0 fully saturated rings. The van der Waals surface area contributed by atoms with Gasteiger partial charge in [-0.3, -0.25) is 4.79 Å². The Morgan fingerprint density at radius 1 is 1.15 bits per heavy atom. The van der Waals surface area contributed by atoms with E-state index in [1.165, 1.54) is 0 Å². The van der Waals surface area contributed by atoms with Crippen LogP contribution >= 0.6 is 22.6 Å². The van der Waals surface area contributed by atoms with Crippen molar-refractivity contribution in [2.45, 2.75) is 6.54 Å². The van der Waals surface area contributed by atoms with Crippen LogP contribution in [-0.4, -0.2) is 12.7 Å². The topological polar surface area (TPSA) is 47.6 Å². The van der Waals surface area contributed by atoms with Gasteiger partial charge in [-0.25, -0.2) is 0 Å². The molecule has 20 heavy (non-hydrogen) atoms. The van der Waals surface area contributed by atoms with E-state index in [-0.39, 0.29) is 12.7 Å². The third-order valence-corrected chi connectivity index (χ3v) is 3.65. The van der Waals surface area contributed by atoms with E-state index in [0.29, 0.717) is 12.1 Å². The molecule has 0 aliphatic carbocycles. The quantitative estimate of drug-likeness (QED) is 0.832. The smallest absolute Gasteiger partial charge is 0.251 e. The number of benzene rings is 2. The van der Waals surface area contributed by atoms with Crippen LogP contribution in [0.1, 0.15) is 15.9 Å². The van der Waals surface area contributed by atoms with E-state index >= 15 is 0 Å². The zero-order chi connectivity index (χ0) is 13.9. The normalized spacial score (nSPS) is 12.2. The van der Waals surface area contributed by atoms with Gasteiger partial charge in [-0.1, -0.05) is 12.1 Å². The zero-order valence-electron chi connectivity index (χ0n) is 10.6. The summed E-state index contributed by atoms with van der Waals surface area (Å²) in [6, 6.07) is 13.1. The minimum Gasteiger partial charge on any atom is -0.454 e. The molecule has 1 heterocycles. The van der Waals surface area contributed by atoms with Crippen LogP contribution in [0, 0.1) is 3.57 Å². The third-order valence-electron chi connectivity index (χ3n) is 2.98. The molecule has 0 radical (unpaired) electrons. The van der Waals surface area contributed by atoms with E-state index in [1.54, 1.807) is 6.07 Å². The highest BCUT2D eigenvalue weighted by molar-refractivity contribution is 14.1. The van der Waals surface area contributed by atoms with Crippen LogP contribution in [-0.2, 0) is 6.54 Å². The summed E-state index contributed by atoms with van der Waals surface area (Å²) in [6.07, 6.45) is 0. The molecule has 5 heteroatoms. The number of fused-ring (bicyclic) bond motifs is 1. The lowest BCUT2D eigenvalue weighted by Crippen LogP contribution is -2.22. The van der Waals surface area contributed by atoms with E-state index in [2.05, 4.69) is 27.9 Å². The van der Waals surface area contributed by atoms with Gasteiger partial charge in [-0.15, -0.1) is 0 Å². The van der Waals surface area contributed by atoms with Gasteiger partial charge in [0.1, 0.15) is 0 Å². The number of hydrogen-bond donors (Lipinski definition) is 1. The van der Waals surface area contributed by atoms with Crippen LogP contribution in [0.3, 0.4) is 0 Å². The van der Waals surface area contributed by atoms with Crippen molar-refractivity contribution in [1.82, 2.24) is 5.32 Å². The average Bonchev–Trinajstić information content (AvgIpc) is 2.92. The predicted molar refractivity (Wildman–Crippen MR) is 82.9 cm³/mol. The second kappa shape index (κ2) is 5.70. The third kappa shape index (κ3) is 2.87. The fraction of sp³-hybridized carbons (Fsp3) is 0.133. The first-order valence-corrected chi connectivity index (χ1v) is 7.22. The number of amides is 1. The molecule has 2 aromatic rings. The first-order chi connectivity index (χ1) is 9.72. The summed E-state index contributed by atoms with van der Waals surface area (Å²) in [6.45, 7) is 0.717.